The number of hydrogen-bond acceptors (Lipinski definition) is 3. The lowest BCUT2D eigenvalue weighted by Gasteiger charge is -2.15. The molecular formula is C16H18N2S. The summed E-state index contributed by atoms with van der Waals surface area (Å²) in [6.07, 6.45) is 5.89. The molecule has 2 atom stereocenters. The topological polar surface area (TPSA) is 38.9 Å². The van der Waals surface area contributed by atoms with Gasteiger partial charge in [0.05, 0.1) is 5.69 Å². The Morgan fingerprint density at radius 2 is 2.05 bits per heavy atom. The average molecular weight is 270 g/mol. The van der Waals surface area contributed by atoms with Gasteiger partial charge in [0.2, 0.25) is 0 Å². The fourth-order valence-electron chi connectivity index (χ4n) is 3.43. The van der Waals surface area contributed by atoms with E-state index in [0.717, 1.165) is 6.42 Å². The zero-order valence-corrected chi connectivity index (χ0v) is 11.7. The Morgan fingerprint density at radius 1 is 1.16 bits per heavy atom. The molecule has 2 N–H and O–H groups in total. The van der Waals surface area contributed by atoms with Crippen molar-refractivity contribution in [3.05, 3.63) is 51.0 Å². The van der Waals surface area contributed by atoms with Gasteiger partial charge in [-0.05, 0) is 43.2 Å². The van der Waals surface area contributed by atoms with E-state index in [1.165, 1.54) is 52.4 Å². The number of nitrogens with two attached hydrogens (primary N) is 1. The molecule has 19 heavy (non-hydrogen) atoms. The number of thiazole rings is 1. The zero-order valence-electron chi connectivity index (χ0n) is 10.9. The van der Waals surface area contributed by atoms with Crippen LogP contribution in [-0.4, -0.2) is 4.98 Å². The lowest BCUT2D eigenvalue weighted by molar-refractivity contribution is 0.561. The Labute approximate surface area is 117 Å². The van der Waals surface area contributed by atoms with Gasteiger partial charge in [-0.15, -0.1) is 11.3 Å². The van der Waals surface area contributed by atoms with Crippen molar-refractivity contribution in [3.63, 3.8) is 0 Å². The molecule has 2 aromatic rings. The number of aromatic nitrogens is 1. The third kappa shape index (κ3) is 1.84. The summed E-state index contributed by atoms with van der Waals surface area (Å²) in [5, 5.41) is 1.30. The van der Waals surface area contributed by atoms with Crippen LogP contribution in [0.25, 0.3) is 0 Å². The van der Waals surface area contributed by atoms with E-state index in [4.69, 9.17) is 10.7 Å². The molecule has 1 aromatic heterocycles. The first-order valence-corrected chi connectivity index (χ1v) is 7.97. The largest absolute Gasteiger partial charge is 0.323 e. The van der Waals surface area contributed by atoms with E-state index in [-0.39, 0.29) is 6.04 Å². The molecular weight excluding hydrogens is 252 g/mol. The van der Waals surface area contributed by atoms with Crippen LogP contribution in [0, 0.1) is 0 Å². The molecule has 2 aliphatic carbocycles. The fraction of sp³-hybridized carbons (Fsp3) is 0.438. The van der Waals surface area contributed by atoms with Gasteiger partial charge in [-0.2, -0.15) is 0 Å². The lowest BCUT2D eigenvalue weighted by atomic mass is 9.98. The van der Waals surface area contributed by atoms with E-state index in [0.29, 0.717) is 5.92 Å². The van der Waals surface area contributed by atoms with Gasteiger partial charge in [-0.1, -0.05) is 24.3 Å². The van der Waals surface area contributed by atoms with Crippen LogP contribution in [0.4, 0.5) is 0 Å². The van der Waals surface area contributed by atoms with Crippen molar-refractivity contribution < 1.29 is 0 Å². The van der Waals surface area contributed by atoms with Crippen molar-refractivity contribution in [1.29, 1.82) is 0 Å². The molecule has 98 valence electrons. The summed E-state index contributed by atoms with van der Waals surface area (Å²) >= 11 is 1.91. The van der Waals surface area contributed by atoms with Gasteiger partial charge in [0.25, 0.3) is 0 Å². The van der Waals surface area contributed by atoms with Crippen LogP contribution in [0.1, 0.15) is 57.9 Å². The second-order valence-corrected chi connectivity index (χ2v) is 6.76. The Bertz CT molecular complexity index is 617. The fourth-order valence-corrected chi connectivity index (χ4v) is 4.76. The van der Waals surface area contributed by atoms with E-state index < -0.39 is 0 Å². The van der Waals surface area contributed by atoms with Gasteiger partial charge >= 0.3 is 0 Å². The highest BCUT2D eigenvalue weighted by Gasteiger charge is 2.29. The molecule has 0 saturated carbocycles. The number of rotatable bonds is 1. The summed E-state index contributed by atoms with van der Waals surface area (Å²) in [7, 11) is 0. The predicted octanol–water partition coefficient (Wildman–Crippen LogP) is 3.56. The highest BCUT2D eigenvalue weighted by atomic mass is 32.1. The summed E-state index contributed by atoms with van der Waals surface area (Å²) < 4.78 is 0. The number of benzene rings is 1. The van der Waals surface area contributed by atoms with E-state index in [1.807, 2.05) is 11.3 Å². The highest BCUT2D eigenvalue weighted by molar-refractivity contribution is 7.11. The monoisotopic (exact) mass is 270 g/mol. The van der Waals surface area contributed by atoms with Gasteiger partial charge in [0, 0.05) is 16.8 Å². The quantitative estimate of drug-likeness (QED) is 0.860. The smallest absolute Gasteiger partial charge is 0.101 e. The Hall–Kier alpha value is -1.19. The minimum Gasteiger partial charge on any atom is -0.323 e. The van der Waals surface area contributed by atoms with Crippen molar-refractivity contribution in [2.24, 2.45) is 5.73 Å². The molecule has 2 nitrogen and oxygen atoms in total. The van der Waals surface area contributed by atoms with E-state index in [2.05, 4.69) is 24.3 Å². The first-order chi connectivity index (χ1) is 9.33. The van der Waals surface area contributed by atoms with Crippen LogP contribution in [0.5, 0.6) is 0 Å². The van der Waals surface area contributed by atoms with Crippen molar-refractivity contribution in [3.8, 4) is 0 Å². The number of fused-ring (bicyclic) bond motifs is 2. The third-order valence-corrected chi connectivity index (χ3v) is 5.69. The zero-order chi connectivity index (χ0) is 12.8. The van der Waals surface area contributed by atoms with Crippen molar-refractivity contribution in [2.75, 3.05) is 0 Å². The van der Waals surface area contributed by atoms with Gasteiger partial charge in [0.15, 0.2) is 0 Å². The molecule has 0 spiro atoms. The van der Waals surface area contributed by atoms with Gasteiger partial charge in [-0.25, -0.2) is 4.98 Å². The summed E-state index contributed by atoms with van der Waals surface area (Å²) in [6.45, 7) is 0. The molecule has 0 saturated heterocycles. The molecule has 0 aliphatic heterocycles. The number of nitrogens with zero attached hydrogens (tertiary/aromatic N) is 1. The molecule has 2 unspecified atom stereocenters. The minimum absolute atomic E-state index is 0.172. The first kappa shape index (κ1) is 11.6. The van der Waals surface area contributed by atoms with Crippen LogP contribution in [0.2, 0.25) is 0 Å². The molecule has 1 heterocycles. The van der Waals surface area contributed by atoms with Crippen molar-refractivity contribution >= 4 is 11.3 Å². The van der Waals surface area contributed by atoms with E-state index >= 15 is 0 Å². The van der Waals surface area contributed by atoms with Crippen molar-refractivity contribution in [1.82, 2.24) is 4.98 Å². The predicted molar refractivity (Wildman–Crippen MR) is 78.6 cm³/mol. The molecule has 4 rings (SSSR count). The number of hydrogen-bond donors (Lipinski definition) is 1. The molecule has 0 amide bonds. The molecule has 3 heteroatoms. The van der Waals surface area contributed by atoms with E-state index in [1.54, 1.807) is 0 Å². The Balaban J connectivity index is 1.75. The van der Waals surface area contributed by atoms with Crippen LogP contribution in [-0.2, 0) is 12.8 Å². The molecule has 0 fully saturated rings. The van der Waals surface area contributed by atoms with Crippen LogP contribution < -0.4 is 5.73 Å². The summed E-state index contributed by atoms with van der Waals surface area (Å²) in [6, 6.07) is 8.99. The van der Waals surface area contributed by atoms with Gasteiger partial charge in [0.1, 0.15) is 5.01 Å². The van der Waals surface area contributed by atoms with Gasteiger partial charge in [-0.3, -0.25) is 0 Å². The number of aryl methyl sites for hydroxylation is 2. The average Bonchev–Trinajstić information content (AvgIpc) is 3.02. The molecule has 0 radical (unpaired) electrons. The lowest BCUT2D eigenvalue weighted by Crippen LogP contribution is -2.16. The highest BCUT2D eigenvalue weighted by Crippen LogP contribution is 2.42. The molecule has 2 aliphatic rings. The maximum absolute atomic E-state index is 6.20. The SMILES string of the molecule is NC1CCCc2sc(C3CCc4ccccc43)nc21. The second-order valence-electron chi connectivity index (χ2n) is 5.65. The van der Waals surface area contributed by atoms with Crippen LogP contribution in [0.3, 0.4) is 0 Å². The van der Waals surface area contributed by atoms with E-state index in [9.17, 15) is 0 Å². The van der Waals surface area contributed by atoms with Crippen LogP contribution >= 0.6 is 11.3 Å². The Morgan fingerprint density at radius 3 is 2.95 bits per heavy atom. The summed E-state index contributed by atoms with van der Waals surface area (Å²) in [5.41, 5.74) is 10.4. The standard InChI is InChI=1S/C16H18N2S/c17-13-6-3-7-14-15(13)18-16(19-14)12-9-8-10-4-1-2-5-11(10)12/h1-2,4-5,12-13H,3,6-9,17H2. The second kappa shape index (κ2) is 4.43. The summed E-state index contributed by atoms with van der Waals surface area (Å²) in [5.74, 6) is 0.513. The minimum atomic E-state index is 0.172. The van der Waals surface area contributed by atoms with Crippen molar-refractivity contribution in [2.45, 2.75) is 44.1 Å². The Kier molecular flexibility index (Phi) is 2.71. The summed E-state index contributed by atoms with van der Waals surface area (Å²) in [4.78, 5) is 6.35. The molecule has 1 aromatic carbocycles. The van der Waals surface area contributed by atoms with Crippen LogP contribution in [0.15, 0.2) is 24.3 Å². The maximum Gasteiger partial charge on any atom is 0.101 e. The molecule has 0 bridgehead atoms. The first-order valence-electron chi connectivity index (χ1n) is 7.16. The third-order valence-electron chi connectivity index (χ3n) is 4.45. The van der Waals surface area contributed by atoms with Gasteiger partial charge < -0.3 is 5.73 Å². The normalized spacial score (nSPS) is 25.1. The maximum atomic E-state index is 6.20.